The van der Waals surface area contributed by atoms with Crippen LogP contribution in [0.1, 0.15) is 28.8 Å². The van der Waals surface area contributed by atoms with Crippen LogP contribution in [0, 0.1) is 12.3 Å². The Labute approximate surface area is 186 Å². The Bertz CT molecular complexity index is 1190. The average Bonchev–Trinajstić information content (AvgIpc) is 2.78. The van der Waals surface area contributed by atoms with Crippen molar-refractivity contribution in [2.45, 2.75) is 19.8 Å². The second kappa shape index (κ2) is 8.78. The molecule has 2 aromatic carbocycles. The highest BCUT2D eigenvalue weighted by molar-refractivity contribution is 6.35. The zero-order valence-corrected chi connectivity index (χ0v) is 18.5. The third-order valence-electron chi connectivity index (χ3n) is 5.29. The minimum absolute atomic E-state index is 0.446. The van der Waals surface area contributed by atoms with Crippen LogP contribution in [-0.2, 0) is 6.42 Å². The molecule has 0 amide bonds. The molecule has 3 aromatic rings. The Balaban J connectivity index is 1.85. The van der Waals surface area contributed by atoms with Gasteiger partial charge in [0, 0.05) is 35.1 Å². The number of rotatable bonds is 5. The van der Waals surface area contributed by atoms with Gasteiger partial charge in [-0.25, -0.2) is 9.97 Å². The zero-order chi connectivity index (χ0) is 22.0. The fourth-order valence-corrected chi connectivity index (χ4v) is 3.97. The van der Waals surface area contributed by atoms with Crippen molar-refractivity contribution >= 4 is 40.2 Å². The Hall–Kier alpha value is -3.38. The van der Waals surface area contributed by atoms with E-state index in [4.69, 9.17) is 26.7 Å². The summed E-state index contributed by atoms with van der Waals surface area (Å²) in [5.74, 6) is 1.15. The topological polar surface area (TPSA) is 82.9 Å². The van der Waals surface area contributed by atoms with Gasteiger partial charge in [0.05, 0.1) is 24.2 Å². The Morgan fingerprint density at radius 1 is 1.16 bits per heavy atom. The van der Waals surface area contributed by atoms with Gasteiger partial charge in [0.1, 0.15) is 5.75 Å². The zero-order valence-electron chi connectivity index (χ0n) is 17.7. The van der Waals surface area contributed by atoms with E-state index in [2.05, 4.69) is 15.6 Å². The standard InChI is InChI=1S/C24H24ClN5O/c1-14-8-10-17(25)16(12-14)23(27-2)21-18(26)11-9-15-13-28-24(30-22(15)21)29-19-6-4-5-7-20(19)31-3/h4-8,10,12-13,26-27H,9,11H2,1-3H3,(H,28,29,30)/b23-21+,26-18?. The predicted octanol–water partition coefficient (Wildman–Crippen LogP) is 5.24. The van der Waals surface area contributed by atoms with Crippen LogP contribution < -0.4 is 15.4 Å². The van der Waals surface area contributed by atoms with Gasteiger partial charge in [0.25, 0.3) is 0 Å². The molecular formula is C24H24ClN5O. The first kappa shape index (κ1) is 20.9. The van der Waals surface area contributed by atoms with E-state index in [1.54, 1.807) is 7.11 Å². The van der Waals surface area contributed by atoms with E-state index in [0.29, 0.717) is 28.9 Å². The van der Waals surface area contributed by atoms with Gasteiger partial charge in [-0.05, 0) is 49.6 Å². The van der Waals surface area contributed by atoms with Crippen molar-refractivity contribution in [3.05, 3.63) is 76.1 Å². The van der Waals surface area contributed by atoms with Gasteiger partial charge in [0.15, 0.2) is 0 Å². The number of allylic oxidation sites excluding steroid dienone is 1. The molecule has 0 saturated heterocycles. The summed E-state index contributed by atoms with van der Waals surface area (Å²) < 4.78 is 5.42. The molecule has 0 aliphatic heterocycles. The highest BCUT2D eigenvalue weighted by atomic mass is 35.5. The molecule has 1 aromatic heterocycles. The summed E-state index contributed by atoms with van der Waals surface area (Å²) in [7, 11) is 3.47. The lowest BCUT2D eigenvalue weighted by Crippen LogP contribution is -2.20. The number of aryl methyl sites for hydroxylation is 2. The molecule has 7 heteroatoms. The summed E-state index contributed by atoms with van der Waals surface area (Å²) in [6.07, 6.45) is 3.18. The molecule has 0 fully saturated rings. The monoisotopic (exact) mass is 433 g/mol. The molecule has 0 spiro atoms. The van der Waals surface area contributed by atoms with E-state index in [-0.39, 0.29) is 0 Å². The predicted molar refractivity (Wildman–Crippen MR) is 126 cm³/mol. The number of methoxy groups -OCH3 is 1. The van der Waals surface area contributed by atoms with Gasteiger partial charge in [-0.3, -0.25) is 0 Å². The van der Waals surface area contributed by atoms with Crippen LogP contribution in [-0.4, -0.2) is 29.8 Å². The largest absolute Gasteiger partial charge is 0.495 e. The SMILES string of the molecule is CN/C(=C1\C(=N)CCc2cnc(Nc3ccccc3OC)nc21)c1cc(C)ccc1Cl. The fourth-order valence-electron chi connectivity index (χ4n) is 3.76. The molecule has 6 nitrogen and oxygen atoms in total. The van der Waals surface area contributed by atoms with Crippen molar-refractivity contribution in [3.63, 3.8) is 0 Å². The highest BCUT2D eigenvalue weighted by Gasteiger charge is 2.26. The number of nitrogens with zero attached hydrogens (tertiary/aromatic N) is 2. The van der Waals surface area contributed by atoms with Gasteiger partial charge in [0.2, 0.25) is 5.95 Å². The van der Waals surface area contributed by atoms with E-state index in [9.17, 15) is 0 Å². The van der Waals surface area contributed by atoms with E-state index in [1.165, 1.54) is 0 Å². The molecular weight excluding hydrogens is 410 g/mol. The Morgan fingerprint density at radius 3 is 2.74 bits per heavy atom. The minimum Gasteiger partial charge on any atom is -0.495 e. The molecule has 158 valence electrons. The third kappa shape index (κ3) is 4.11. The van der Waals surface area contributed by atoms with Crippen molar-refractivity contribution in [1.82, 2.24) is 15.3 Å². The van der Waals surface area contributed by atoms with Crippen LogP contribution >= 0.6 is 11.6 Å². The van der Waals surface area contributed by atoms with Gasteiger partial charge in [-0.2, -0.15) is 0 Å². The van der Waals surface area contributed by atoms with Crippen molar-refractivity contribution in [2.75, 3.05) is 19.5 Å². The summed E-state index contributed by atoms with van der Waals surface area (Å²) in [6.45, 7) is 2.02. The molecule has 0 bridgehead atoms. The molecule has 3 N–H and O–H groups in total. The smallest absolute Gasteiger partial charge is 0.227 e. The molecule has 4 rings (SSSR count). The van der Waals surface area contributed by atoms with Crippen molar-refractivity contribution < 1.29 is 4.74 Å². The van der Waals surface area contributed by atoms with Crippen LogP contribution in [0.5, 0.6) is 5.75 Å². The van der Waals surface area contributed by atoms with Gasteiger partial charge in [-0.1, -0.05) is 35.4 Å². The maximum absolute atomic E-state index is 8.70. The molecule has 1 aliphatic rings. The molecule has 0 radical (unpaired) electrons. The lowest BCUT2D eigenvalue weighted by atomic mass is 9.87. The van der Waals surface area contributed by atoms with E-state index in [0.717, 1.165) is 45.8 Å². The third-order valence-corrected chi connectivity index (χ3v) is 5.62. The number of aromatic nitrogens is 2. The summed E-state index contributed by atoms with van der Waals surface area (Å²) in [6, 6.07) is 13.5. The fraction of sp³-hybridized carbons (Fsp3) is 0.208. The summed E-state index contributed by atoms with van der Waals surface area (Å²) >= 11 is 6.53. The van der Waals surface area contributed by atoms with Crippen molar-refractivity contribution in [3.8, 4) is 5.75 Å². The Morgan fingerprint density at radius 2 is 1.97 bits per heavy atom. The molecule has 0 unspecified atom stereocenters. The minimum atomic E-state index is 0.446. The van der Waals surface area contributed by atoms with Crippen LogP contribution in [0.4, 0.5) is 11.6 Å². The van der Waals surface area contributed by atoms with E-state index >= 15 is 0 Å². The maximum atomic E-state index is 8.70. The Kier molecular flexibility index (Phi) is 5.91. The van der Waals surface area contributed by atoms with Crippen molar-refractivity contribution in [2.24, 2.45) is 0 Å². The number of hydrogen-bond acceptors (Lipinski definition) is 6. The first-order valence-electron chi connectivity index (χ1n) is 10.0. The lowest BCUT2D eigenvalue weighted by molar-refractivity contribution is 0.417. The number of anilines is 2. The first-order valence-corrected chi connectivity index (χ1v) is 10.4. The number of halogens is 1. The van der Waals surface area contributed by atoms with Crippen molar-refractivity contribution in [1.29, 1.82) is 5.41 Å². The average molecular weight is 434 g/mol. The second-order valence-corrected chi connectivity index (χ2v) is 7.76. The van der Waals surface area contributed by atoms with Crippen LogP contribution in [0.25, 0.3) is 11.3 Å². The van der Waals surface area contributed by atoms with Crippen LogP contribution in [0.15, 0.2) is 48.7 Å². The number of fused-ring (bicyclic) bond motifs is 1. The highest BCUT2D eigenvalue weighted by Crippen LogP contribution is 2.35. The summed E-state index contributed by atoms with van der Waals surface area (Å²) in [5.41, 5.74) is 6.54. The van der Waals surface area contributed by atoms with Gasteiger partial charge >= 0.3 is 0 Å². The van der Waals surface area contributed by atoms with E-state index in [1.807, 2.05) is 62.6 Å². The quantitative estimate of drug-likeness (QED) is 0.512. The van der Waals surface area contributed by atoms with Crippen LogP contribution in [0.2, 0.25) is 5.02 Å². The van der Waals surface area contributed by atoms with Crippen LogP contribution in [0.3, 0.4) is 0 Å². The number of para-hydroxylation sites is 2. The molecule has 1 heterocycles. The number of nitrogens with one attached hydrogen (secondary N) is 3. The number of ether oxygens (including phenoxy) is 1. The summed E-state index contributed by atoms with van der Waals surface area (Å²) in [4.78, 5) is 9.30. The second-order valence-electron chi connectivity index (χ2n) is 7.35. The number of benzene rings is 2. The first-order chi connectivity index (χ1) is 15.0. The number of hydrogen-bond donors (Lipinski definition) is 3. The molecule has 0 saturated carbocycles. The maximum Gasteiger partial charge on any atom is 0.227 e. The lowest BCUT2D eigenvalue weighted by Gasteiger charge is -2.24. The van der Waals surface area contributed by atoms with E-state index < -0.39 is 0 Å². The molecule has 31 heavy (non-hydrogen) atoms. The van der Waals surface area contributed by atoms with Gasteiger partial charge < -0.3 is 20.8 Å². The normalized spacial score (nSPS) is 14.6. The molecule has 1 aliphatic carbocycles. The summed E-state index contributed by atoms with van der Waals surface area (Å²) in [5, 5.41) is 15.8. The molecule has 0 atom stereocenters. The van der Waals surface area contributed by atoms with Gasteiger partial charge in [-0.15, -0.1) is 0 Å².